The minimum absolute atomic E-state index is 0.0677. The number of alkyl halides is 3. The Labute approximate surface area is 155 Å². The van der Waals surface area contributed by atoms with Gasteiger partial charge in [0.1, 0.15) is 5.73 Å². The smallest absolute Gasteiger partial charge is 0.398 e. The zero-order chi connectivity index (χ0) is 20.0. The standard InChI is InChI=1S/C17H23BF4N2O3/c1-15(2)16(3,4)27-18(26-15)14(19)13(17(20,21)22)11-9-23-24(10-11)12-5-7-25-8-6-12/h9-10,12H,5-8H2,1-4H3. The third-order valence-corrected chi connectivity index (χ3v) is 5.44. The fourth-order valence-corrected chi connectivity index (χ4v) is 3.12. The molecule has 2 aliphatic heterocycles. The summed E-state index contributed by atoms with van der Waals surface area (Å²) in [7, 11) is -1.72. The molecule has 0 amide bonds. The molecule has 0 saturated carbocycles. The minimum atomic E-state index is -4.92. The van der Waals surface area contributed by atoms with Crippen LogP contribution in [0.15, 0.2) is 18.1 Å². The Balaban J connectivity index is 1.95. The molecule has 2 aliphatic rings. The molecule has 0 radical (unpaired) electrons. The van der Waals surface area contributed by atoms with E-state index in [1.807, 2.05) is 0 Å². The average molecular weight is 390 g/mol. The first-order valence-electron chi connectivity index (χ1n) is 8.87. The molecule has 2 fully saturated rings. The zero-order valence-electron chi connectivity index (χ0n) is 15.8. The molecule has 3 rings (SSSR count). The molecule has 2 saturated heterocycles. The van der Waals surface area contributed by atoms with Gasteiger partial charge < -0.3 is 14.0 Å². The molecule has 0 aliphatic carbocycles. The van der Waals surface area contributed by atoms with Crippen molar-refractivity contribution in [3.63, 3.8) is 0 Å². The number of hydrogen-bond donors (Lipinski definition) is 0. The number of rotatable bonds is 3. The van der Waals surface area contributed by atoms with E-state index >= 15 is 0 Å². The molecule has 0 unspecified atom stereocenters. The van der Waals surface area contributed by atoms with Gasteiger partial charge in [-0.1, -0.05) is 0 Å². The maximum Gasteiger partial charge on any atom is 0.525 e. The lowest BCUT2D eigenvalue weighted by molar-refractivity contribution is -0.0699. The van der Waals surface area contributed by atoms with E-state index in [0.717, 1.165) is 6.20 Å². The Bertz CT molecular complexity index is 708. The van der Waals surface area contributed by atoms with E-state index in [4.69, 9.17) is 14.0 Å². The highest BCUT2D eigenvalue weighted by Crippen LogP contribution is 2.43. The molecule has 0 N–H and O–H groups in total. The van der Waals surface area contributed by atoms with Crippen LogP contribution < -0.4 is 0 Å². The summed E-state index contributed by atoms with van der Waals surface area (Å²) in [5.41, 5.74) is -5.15. The van der Waals surface area contributed by atoms with Crippen molar-refractivity contribution in [3.8, 4) is 0 Å². The topological polar surface area (TPSA) is 45.5 Å². The number of halogens is 4. The third-order valence-electron chi connectivity index (χ3n) is 5.44. The van der Waals surface area contributed by atoms with Gasteiger partial charge in [-0.05, 0) is 40.5 Å². The molecule has 0 atom stereocenters. The highest BCUT2D eigenvalue weighted by molar-refractivity contribution is 6.55. The number of hydrogen-bond acceptors (Lipinski definition) is 4. The van der Waals surface area contributed by atoms with Crippen LogP contribution in [0.25, 0.3) is 5.57 Å². The van der Waals surface area contributed by atoms with E-state index in [9.17, 15) is 17.6 Å². The van der Waals surface area contributed by atoms with Crippen molar-refractivity contribution in [2.45, 2.75) is 64.0 Å². The monoisotopic (exact) mass is 390 g/mol. The summed E-state index contributed by atoms with van der Waals surface area (Å²) in [6, 6.07) is -0.0677. The second-order valence-electron chi connectivity index (χ2n) is 7.86. The number of allylic oxidation sites excluding steroid dienone is 1. The zero-order valence-corrected chi connectivity index (χ0v) is 15.8. The number of ether oxygens (including phenoxy) is 1. The van der Waals surface area contributed by atoms with E-state index < -0.39 is 35.8 Å². The summed E-state index contributed by atoms with van der Waals surface area (Å²) < 4.78 is 73.6. The van der Waals surface area contributed by atoms with Crippen LogP contribution in [0.5, 0.6) is 0 Å². The normalized spacial score (nSPS) is 24.2. The second-order valence-corrected chi connectivity index (χ2v) is 7.86. The lowest BCUT2D eigenvalue weighted by Crippen LogP contribution is -2.41. The van der Waals surface area contributed by atoms with Gasteiger partial charge in [0.05, 0.1) is 29.0 Å². The van der Waals surface area contributed by atoms with Crippen LogP contribution in [0.3, 0.4) is 0 Å². The fourth-order valence-electron chi connectivity index (χ4n) is 3.12. The Morgan fingerprint density at radius 1 is 1.15 bits per heavy atom. The van der Waals surface area contributed by atoms with Crippen molar-refractivity contribution in [1.82, 2.24) is 9.78 Å². The highest BCUT2D eigenvalue weighted by atomic mass is 19.4. The predicted molar refractivity (Wildman–Crippen MR) is 91.5 cm³/mol. The predicted octanol–water partition coefficient (Wildman–Crippen LogP) is 4.11. The van der Waals surface area contributed by atoms with Crippen molar-refractivity contribution in [2.24, 2.45) is 0 Å². The van der Waals surface area contributed by atoms with Crippen molar-refractivity contribution in [1.29, 1.82) is 0 Å². The van der Waals surface area contributed by atoms with E-state index in [0.29, 0.717) is 26.1 Å². The fraction of sp³-hybridized carbons (Fsp3) is 0.706. The van der Waals surface area contributed by atoms with E-state index in [1.165, 1.54) is 10.9 Å². The molecule has 3 heterocycles. The summed E-state index contributed by atoms with van der Waals surface area (Å²) in [4.78, 5) is 0. The highest BCUT2D eigenvalue weighted by Gasteiger charge is 2.55. The van der Waals surface area contributed by atoms with Gasteiger partial charge in [0.15, 0.2) is 0 Å². The summed E-state index contributed by atoms with van der Waals surface area (Å²) in [6.45, 7) is 7.63. The molecule has 5 nitrogen and oxygen atoms in total. The van der Waals surface area contributed by atoms with Crippen LogP contribution in [-0.4, -0.2) is 47.5 Å². The summed E-state index contributed by atoms with van der Waals surface area (Å²) in [5.74, 6) is 0. The number of aromatic nitrogens is 2. The third kappa shape index (κ3) is 3.93. The first-order chi connectivity index (χ1) is 12.4. The minimum Gasteiger partial charge on any atom is -0.398 e. The van der Waals surface area contributed by atoms with Crippen molar-refractivity contribution in [3.05, 3.63) is 23.7 Å². The molecular formula is C17H23BF4N2O3. The molecule has 0 aromatic carbocycles. The molecule has 10 heteroatoms. The maximum absolute atomic E-state index is 14.9. The van der Waals surface area contributed by atoms with Gasteiger partial charge in [0, 0.05) is 25.0 Å². The quantitative estimate of drug-likeness (QED) is 0.576. The lowest BCUT2D eigenvalue weighted by Gasteiger charge is -2.32. The summed E-state index contributed by atoms with van der Waals surface area (Å²) in [5, 5.41) is 4.02. The van der Waals surface area contributed by atoms with E-state index in [1.54, 1.807) is 27.7 Å². The van der Waals surface area contributed by atoms with Gasteiger partial charge in [0.25, 0.3) is 0 Å². The molecular weight excluding hydrogens is 367 g/mol. The van der Waals surface area contributed by atoms with Crippen LogP contribution >= 0.6 is 0 Å². The van der Waals surface area contributed by atoms with E-state index in [-0.39, 0.29) is 11.6 Å². The molecule has 0 bridgehead atoms. The van der Waals surface area contributed by atoms with Gasteiger partial charge >= 0.3 is 13.3 Å². The Morgan fingerprint density at radius 3 is 2.22 bits per heavy atom. The second kappa shape index (κ2) is 6.90. The van der Waals surface area contributed by atoms with Crippen LogP contribution in [-0.2, 0) is 14.0 Å². The van der Waals surface area contributed by atoms with Crippen LogP contribution in [0, 0.1) is 0 Å². The largest absolute Gasteiger partial charge is 0.525 e. The first kappa shape index (κ1) is 20.4. The van der Waals surface area contributed by atoms with Crippen molar-refractivity contribution in [2.75, 3.05) is 13.2 Å². The van der Waals surface area contributed by atoms with Gasteiger partial charge in [0.2, 0.25) is 0 Å². The lowest BCUT2D eigenvalue weighted by atomic mass is 9.83. The van der Waals surface area contributed by atoms with Crippen LogP contribution in [0.1, 0.15) is 52.1 Å². The van der Waals surface area contributed by atoms with Crippen molar-refractivity contribution < 1.29 is 31.6 Å². The molecule has 1 aromatic rings. The van der Waals surface area contributed by atoms with Crippen molar-refractivity contribution >= 4 is 12.7 Å². The molecule has 150 valence electrons. The summed E-state index contributed by atoms with van der Waals surface area (Å²) in [6.07, 6.45) is -1.37. The van der Waals surface area contributed by atoms with Gasteiger partial charge in [-0.25, -0.2) is 4.39 Å². The SMILES string of the molecule is CC1(C)OB(C(F)=C(c2cnn(C3CCOCC3)c2)C(F)(F)F)OC1(C)C. The molecule has 27 heavy (non-hydrogen) atoms. The average Bonchev–Trinajstić information content (AvgIpc) is 3.10. The summed E-state index contributed by atoms with van der Waals surface area (Å²) >= 11 is 0. The molecule has 1 aromatic heterocycles. The maximum atomic E-state index is 14.9. The van der Waals surface area contributed by atoms with Gasteiger partial charge in [-0.2, -0.15) is 18.3 Å². The van der Waals surface area contributed by atoms with E-state index in [2.05, 4.69) is 5.10 Å². The Kier molecular flexibility index (Phi) is 5.20. The van der Waals surface area contributed by atoms with Gasteiger partial charge in [-0.15, -0.1) is 0 Å². The Hall–Kier alpha value is -1.39. The van der Waals surface area contributed by atoms with Crippen LogP contribution in [0.4, 0.5) is 17.6 Å². The van der Waals surface area contributed by atoms with Crippen LogP contribution in [0.2, 0.25) is 0 Å². The Morgan fingerprint density at radius 2 is 1.70 bits per heavy atom. The molecule has 0 spiro atoms. The number of nitrogens with zero attached hydrogens (tertiary/aromatic N) is 2. The first-order valence-corrected chi connectivity index (χ1v) is 8.87. The van der Waals surface area contributed by atoms with Gasteiger partial charge in [-0.3, -0.25) is 4.68 Å².